The molecule has 0 radical (unpaired) electrons. The van der Waals surface area contributed by atoms with Gasteiger partial charge in [0.05, 0.1) is 24.2 Å². The average molecular weight is 434 g/mol. The van der Waals surface area contributed by atoms with Gasteiger partial charge in [0.25, 0.3) is 0 Å². The Morgan fingerprint density at radius 2 is 1.97 bits per heavy atom. The van der Waals surface area contributed by atoms with Gasteiger partial charge >= 0.3 is 0 Å². The fourth-order valence-electron chi connectivity index (χ4n) is 7.81. The summed E-state index contributed by atoms with van der Waals surface area (Å²) in [5.41, 5.74) is 13.3. The maximum atomic E-state index is 12.2. The summed E-state index contributed by atoms with van der Waals surface area (Å²) in [5, 5.41) is 12.2. The highest BCUT2D eigenvalue weighted by molar-refractivity contribution is 5.44. The van der Waals surface area contributed by atoms with Crippen LogP contribution < -0.4 is 16.7 Å². The van der Waals surface area contributed by atoms with E-state index in [1.165, 1.54) is 0 Å². The molecule has 0 aromatic heterocycles. The van der Waals surface area contributed by atoms with Crippen molar-refractivity contribution in [2.45, 2.75) is 77.6 Å². The molecule has 2 saturated carbocycles. The van der Waals surface area contributed by atoms with Crippen LogP contribution in [0.5, 0.6) is 0 Å². The predicted molar refractivity (Wildman–Crippen MR) is 117 cm³/mol. The molecule has 7 heteroatoms. The van der Waals surface area contributed by atoms with Crippen LogP contribution in [-0.4, -0.2) is 48.4 Å². The molecule has 5 aliphatic rings. The number of hydrazine groups is 1. The zero-order chi connectivity index (χ0) is 22.6. The number of nitrogens with one attached hydrogen (secondary N) is 2. The van der Waals surface area contributed by atoms with Crippen molar-refractivity contribution in [1.82, 2.24) is 11.0 Å². The maximum absolute atomic E-state index is 12.2. The first-order valence-electron chi connectivity index (χ1n) is 11.7. The zero-order valence-corrected chi connectivity index (χ0v) is 19.9. The molecule has 0 amide bonds. The first-order chi connectivity index (χ1) is 14.4. The molecule has 1 aliphatic heterocycles. The SMILES string of the molecule is CNNO[C@]12[C@@H]3OC(C)(C)OCC3=C[C@@H]3C(O)[C@]1(C=C(C)[C@@H]2N)[C@H](C)C[C@@H]1[C@H]3C1(C)C. The largest absolute Gasteiger partial charge is 0.391 e. The highest BCUT2D eigenvalue weighted by Gasteiger charge is 2.77. The molecule has 7 nitrogen and oxygen atoms in total. The number of ether oxygens (including phenoxy) is 2. The molecule has 5 rings (SSSR count). The molecule has 0 aromatic carbocycles. The van der Waals surface area contributed by atoms with Crippen molar-refractivity contribution in [1.29, 1.82) is 0 Å². The lowest BCUT2D eigenvalue weighted by atomic mass is 9.57. The third-order valence-corrected chi connectivity index (χ3v) is 9.37. The minimum Gasteiger partial charge on any atom is -0.391 e. The Labute approximate surface area is 185 Å². The van der Waals surface area contributed by atoms with Crippen LogP contribution >= 0.6 is 0 Å². The lowest BCUT2D eigenvalue weighted by molar-refractivity contribution is -0.325. The summed E-state index contributed by atoms with van der Waals surface area (Å²) >= 11 is 0. The van der Waals surface area contributed by atoms with E-state index in [1.807, 2.05) is 13.8 Å². The molecule has 5 N–H and O–H groups in total. The second-order valence-electron chi connectivity index (χ2n) is 11.6. The highest BCUT2D eigenvalue weighted by atomic mass is 16.7. The predicted octanol–water partition coefficient (Wildman–Crippen LogP) is 2.04. The van der Waals surface area contributed by atoms with Gasteiger partial charge in [-0.1, -0.05) is 38.5 Å². The van der Waals surface area contributed by atoms with Gasteiger partial charge in [-0.15, -0.1) is 5.59 Å². The Hall–Kier alpha value is -0.800. The Kier molecular flexibility index (Phi) is 4.71. The van der Waals surface area contributed by atoms with Gasteiger partial charge in [0.2, 0.25) is 0 Å². The van der Waals surface area contributed by atoms with E-state index in [-0.39, 0.29) is 17.3 Å². The van der Waals surface area contributed by atoms with Crippen LogP contribution in [0.25, 0.3) is 0 Å². The topological polar surface area (TPSA) is 98.0 Å². The second kappa shape index (κ2) is 6.63. The summed E-state index contributed by atoms with van der Waals surface area (Å²) in [7, 11) is 1.76. The standard InChI is InChI=1S/C24H39N3O4/c1-12-10-23-13(2)8-16-17(21(16,3)4)15(19(23)28)9-14-11-29-22(5,6)30-20(14)24(23,18(12)25)31-27-26-7/h9-10,13,15-20,26-28H,8,11,25H2,1-7H3/t13-,15+,16-,17+,18+,19?,20-,23+,24-/m1/s1. The summed E-state index contributed by atoms with van der Waals surface area (Å²) in [4.78, 5) is 6.52. The average Bonchev–Trinajstić information content (AvgIpc) is 3.18. The third kappa shape index (κ3) is 2.60. The molecular weight excluding hydrogens is 394 g/mol. The van der Waals surface area contributed by atoms with E-state index in [4.69, 9.17) is 20.0 Å². The minimum atomic E-state index is -1.01. The van der Waals surface area contributed by atoms with E-state index in [0.717, 1.165) is 17.6 Å². The number of nitrogens with two attached hydrogens (primary N) is 1. The molecule has 31 heavy (non-hydrogen) atoms. The van der Waals surface area contributed by atoms with Crippen LogP contribution in [0.3, 0.4) is 0 Å². The molecule has 1 spiro atoms. The maximum Gasteiger partial charge on any atom is 0.164 e. The lowest BCUT2D eigenvalue weighted by Crippen LogP contribution is -2.73. The molecule has 174 valence electrons. The summed E-state index contributed by atoms with van der Waals surface area (Å²) in [6.45, 7) is 13.3. The van der Waals surface area contributed by atoms with E-state index in [2.05, 4.69) is 50.9 Å². The molecule has 4 aliphatic carbocycles. The van der Waals surface area contributed by atoms with E-state index in [9.17, 15) is 5.11 Å². The van der Waals surface area contributed by atoms with Crippen LogP contribution in [-0.2, 0) is 14.3 Å². The van der Waals surface area contributed by atoms with Gasteiger partial charge in [-0.25, -0.2) is 5.43 Å². The lowest BCUT2D eigenvalue weighted by Gasteiger charge is -2.56. The molecule has 1 unspecified atom stereocenters. The van der Waals surface area contributed by atoms with E-state index in [1.54, 1.807) is 7.05 Å². The number of fused-ring (bicyclic) bond motifs is 5. The minimum absolute atomic E-state index is 0.00488. The van der Waals surface area contributed by atoms with Crippen molar-refractivity contribution < 1.29 is 19.4 Å². The fourth-order valence-corrected chi connectivity index (χ4v) is 7.81. The summed E-state index contributed by atoms with van der Waals surface area (Å²) in [5.74, 6) is 0.374. The third-order valence-electron chi connectivity index (χ3n) is 9.37. The Balaban J connectivity index is 1.77. The van der Waals surface area contributed by atoms with Crippen molar-refractivity contribution in [3.05, 3.63) is 23.3 Å². The quantitative estimate of drug-likeness (QED) is 0.399. The van der Waals surface area contributed by atoms with Crippen LogP contribution in [0.15, 0.2) is 23.3 Å². The van der Waals surface area contributed by atoms with E-state index < -0.39 is 35.1 Å². The molecule has 2 bridgehead atoms. The highest BCUT2D eigenvalue weighted by Crippen LogP contribution is 2.73. The molecular formula is C24H39N3O4. The molecule has 1 heterocycles. The first-order valence-corrected chi connectivity index (χ1v) is 11.7. The number of rotatable bonds is 3. The van der Waals surface area contributed by atoms with Gasteiger partial charge in [0.1, 0.15) is 6.10 Å². The first kappa shape index (κ1) is 22.0. The number of aliphatic hydroxyl groups excluding tert-OH is 1. The Bertz CT molecular complexity index is 839. The second-order valence-corrected chi connectivity index (χ2v) is 11.6. The van der Waals surface area contributed by atoms with Crippen molar-refractivity contribution in [3.8, 4) is 0 Å². The monoisotopic (exact) mass is 433 g/mol. The van der Waals surface area contributed by atoms with Gasteiger partial charge < -0.3 is 20.3 Å². The van der Waals surface area contributed by atoms with Gasteiger partial charge in [0.15, 0.2) is 11.4 Å². The molecule has 1 saturated heterocycles. The van der Waals surface area contributed by atoms with Crippen LogP contribution in [0.1, 0.15) is 48.0 Å². The van der Waals surface area contributed by atoms with Gasteiger partial charge in [-0.3, -0.25) is 4.84 Å². The van der Waals surface area contributed by atoms with Gasteiger partial charge in [-0.05, 0) is 55.9 Å². The summed E-state index contributed by atoms with van der Waals surface area (Å²) in [6, 6.07) is -0.436. The molecule has 0 aromatic rings. The van der Waals surface area contributed by atoms with Crippen molar-refractivity contribution in [2.24, 2.45) is 40.2 Å². The van der Waals surface area contributed by atoms with Crippen LogP contribution in [0, 0.1) is 34.5 Å². The zero-order valence-electron chi connectivity index (χ0n) is 19.9. The van der Waals surface area contributed by atoms with Crippen molar-refractivity contribution in [3.63, 3.8) is 0 Å². The fraction of sp³-hybridized carbons (Fsp3) is 0.833. The summed E-state index contributed by atoms with van der Waals surface area (Å²) in [6.07, 6.45) is 4.42. The number of hydrogen-bond acceptors (Lipinski definition) is 7. The molecule has 9 atom stereocenters. The van der Waals surface area contributed by atoms with E-state index >= 15 is 0 Å². The smallest absolute Gasteiger partial charge is 0.164 e. The van der Waals surface area contributed by atoms with E-state index in [0.29, 0.717) is 18.4 Å². The Morgan fingerprint density at radius 1 is 1.26 bits per heavy atom. The molecule has 3 fully saturated rings. The number of aliphatic hydroxyl groups is 1. The Morgan fingerprint density at radius 3 is 2.65 bits per heavy atom. The van der Waals surface area contributed by atoms with Gasteiger partial charge in [0, 0.05) is 13.0 Å². The van der Waals surface area contributed by atoms with Crippen LogP contribution in [0.4, 0.5) is 0 Å². The van der Waals surface area contributed by atoms with Crippen LogP contribution in [0.2, 0.25) is 0 Å². The normalized spacial score (nSPS) is 51.5. The van der Waals surface area contributed by atoms with Crippen molar-refractivity contribution in [2.75, 3.05) is 13.7 Å². The van der Waals surface area contributed by atoms with Gasteiger partial charge in [-0.2, -0.15) is 0 Å². The number of hydrogen-bond donors (Lipinski definition) is 4. The van der Waals surface area contributed by atoms with Crippen molar-refractivity contribution >= 4 is 0 Å². The summed E-state index contributed by atoms with van der Waals surface area (Å²) < 4.78 is 12.7.